The quantitative estimate of drug-likeness (QED) is 0.111. The molecular weight excluding hydrogens is 559 g/mol. The van der Waals surface area contributed by atoms with Crippen LogP contribution >= 0.6 is 22.6 Å². The van der Waals surface area contributed by atoms with Crippen LogP contribution in [0.3, 0.4) is 0 Å². The van der Waals surface area contributed by atoms with Gasteiger partial charge in [-0.25, -0.2) is 4.98 Å². The number of nitrogens with zero attached hydrogens (tertiary/aromatic N) is 2. The third kappa shape index (κ3) is 5.21. The van der Waals surface area contributed by atoms with Crippen molar-refractivity contribution in [2.75, 3.05) is 13.7 Å². The van der Waals surface area contributed by atoms with E-state index in [1.54, 1.807) is 12.7 Å². The van der Waals surface area contributed by atoms with Gasteiger partial charge >= 0.3 is 0 Å². The summed E-state index contributed by atoms with van der Waals surface area (Å²) in [5.74, 6) is 11.2. The van der Waals surface area contributed by atoms with Crippen LogP contribution in [0.1, 0.15) is 60.4 Å². The van der Waals surface area contributed by atoms with Crippen LogP contribution in [-0.2, 0) is 16.0 Å². The fraction of sp³-hybridized carbons (Fsp3) is 0.452. The van der Waals surface area contributed by atoms with Crippen LogP contribution in [0.5, 0.6) is 0 Å². The molecule has 0 radical (unpaired) electrons. The zero-order valence-electron chi connectivity index (χ0n) is 21.5. The Balaban J connectivity index is 1.22. The number of imidazole rings is 1. The number of alkyl halides is 1. The summed E-state index contributed by atoms with van der Waals surface area (Å²) in [7, 11) is 1.77. The van der Waals surface area contributed by atoms with Gasteiger partial charge in [0.05, 0.1) is 9.84 Å². The molecule has 2 saturated carbocycles. The molecule has 188 valence electrons. The lowest BCUT2D eigenvalue weighted by molar-refractivity contribution is 0.204. The molecule has 5 atom stereocenters. The molecule has 0 spiro atoms. The normalized spacial score (nSPS) is 28.7. The van der Waals surface area contributed by atoms with Crippen LogP contribution in [0.4, 0.5) is 0 Å². The standard InChI is InChI=1S/C31H35IN2O2/c1-21(32)30-33-15-16-34(30)20-26-18-29(36-22(26)2)25-11-7-23(8-12-25)9-13-27-28-14-10-24(6-5-17-35-4)19-31(27,28)3/h6-8,11-12,15-16,18,21,26-28H,2,5,10,14,17,19-20H2,1,3-4H3/b24-6-/t21-,26?,27-,28-,31+/m0/s1. The maximum atomic E-state index is 6.06. The molecule has 36 heavy (non-hydrogen) atoms. The number of aromatic nitrogens is 2. The summed E-state index contributed by atoms with van der Waals surface area (Å²) in [6, 6.07) is 8.44. The fourth-order valence-electron chi connectivity index (χ4n) is 5.89. The van der Waals surface area contributed by atoms with E-state index in [2.05, 4.69) is 101 Å². The van der Waals surface area contributed by atoms with E-state index in [1.165, 1.54) is 19.3 Å². The maximum absolute atomic E-state index is 6.06. The van der Waals surface area contributed by atoms with E-state index in [0.29, 0.717) is 15.3 Å². The minimum atomic E-state index is 0.134. The van der Waals surface area contributed by atoms with E-state index in [0.717, 1.165) is 54.0 Å². The molecule has 0 amide bonds. The Bertz CT molecular complexity index is 1240. The van der Waals surface area contributed by atoms with Crippen molar-refractivity contribution in [3.05, 3.63) is 83.7 Å². The van der Waals surface area contributed by atoms with Gasteiger partial charge in [-0.1, -0.05) is 71.7 Å². The number of fused-ring (bicyclic) bond motifs is 1. The summed E-state index contributed by atoms with van der Waals surface area (Å²) in [5.41, 5.74) is 4.08. The highest BCUT2D eigenvalue weighted by Gasteiger charge is 2.61. The highest BCUT2D eigenvalue weighted by Crippen LogP contribution is 2.66. The lowest BCUT2D eigenvalue weighted by Crippen LogP contribution is -2.11. The predicted octanol–water partition coefficient (Wildman–Crippen LogP) is 7.33. The Morgan fingerprint density at radius 2 is 2.17 bits per heavy atom. The van der Waals surface area contributed by atoms with Crippen LogP contribution in [-0.4, -0.2) is 23.3 Å². The summed E-state index contributed by atoms with van der Waals surface area (Å²) >= 11 is 2.40. The Morgan fingerprint density at radius 1 is 1.36 bits per heavy atom. The predicted molar refractivity (Wildman–Crippen MR) is 153 cm³/mol. The van der Waals surface area contributed by atoms with Crippen LogP contribution in [0.2, 0.25) is 0 Å². The van der Waals surface area contributed by atoms with Crippen molar-refractivity contribution in [1.82, 2.24) is 9.55 Å². The number of methoxy groups -OCH3 is 1. The zero-order valence-corrected chi connectivity index (χ0v) is 23.6. The fourth-order valence-corrected chi connectivity index (χ4v) is 6.41. The first-order chi connectivity index (χ1) is 17.4. The molecule has 1 unspecified atom stereocenters. The highest BCUT2D eigenvalue weighted by molar-refractivity contribution is 14.1. The lowest BCUT2D eigenvalue weighted by atomic mass is 9.85. The summed E-state index contributed by atoms with van der Waals surface area (Å²) in [5, 5.41) is 0. The van der Waals surface area contributed by atoms with E-state index in [1.807, 2.05) is 12.4 Å². The van der Waals surface area contributed by atoms with Crippen molar-refractivity contribution in [2.45, 2.75) is 50.0 Å². The monoisotopic (exact) mass is 594 g/mol. The van der Waals surface area contributed by atoms with Crippen LogP contribution < -0.4 is 0 Å². The molecule has 5 rings (SSSR count). The average molecular weight is 595 g/mol. The second-order valence-corrected chi connectivity index (χ2v) is 12.4. The molecular formula is C31H35IN2O2. The number of hydrogen-bond donors (Lipinski definition) is 0. The minimum Gasteiger partial charge on any atom is -0.461 e. The molecule has 0 saturated heterocycles. The van der Waals surface area contributed by atoms with Crippen molar-refractivity contribution in [2.24, 2.45) is 23.2 Å². The van der Waals surface area contributed by atoms with Crippen LogP contribution in [0, 0.1) is 35.0 Å². The number of ether oxygens (including phenoxy) is 2. The number of rotatable bonds is 7. The van der Waals surface area contributed by atoms with E-state index in [4.69, 9.17) is 9.47 Å². The topological polar surface area (TPSA) is 36.3 Å². The average Bonchev–Trinajstić information content (AvgIpc) is 3.15. The van der Waals surface area contributed by atoms with Crippen molar-refractivity contribution in [3.63, 3.8) is 0 Å². The second kappa shape index (κ2) is 10.6. The Kier molecular flexibility index (Phi) is 7.46. The number of hydrogen-bond acceptors (Lipinski definition) is 3. The van der Waals surface area contributed by atoms with Crippen molar-refractivity contribution in [1.29, 1.82) is 0 Å². The summed E-state index contributed by atoms with van der Waals surface area (Å²) in [6.45, 7) is 10.3. The second-order valence-electron chi connectivity index (χ2n) is 10.6. The summed E-state index contributed by atoms with van der Waals surface area (Å²) in [4.78, 5) is 4.49. The SMILES string of the molecule is C=C1OC(c2ccc(C#C[C@H]3[C@@H]4CC/C(=C/CCOC)C[C@]34C)cc2)=CC1Cn1ccnc1[C@H](C)I. The van der Waals surface area contributed by atoms with Gasteiger partial charge in [0, 0.05) is 49.7 Å². The third-order valence-corrected chi connectivity index (χ3v) is 8.59. The first-order valence-electron chi connectivity index (χ1n) is 12.9. The van der Waals surface area contributed by atoms with Gasteiger partial charge < -0.3 is 14.0 Å². The first kappa shape index (κ1) is 25.4. The van der Waals surface area contributed by atoms with Gasteiger partial charge in [0.2, 0.25) is 0 Å². The van der Waals surface area contributed by atoms with Crippen LogP contribution in [0.15, 0.2) is 66.7 Å². The van der Waals surface area contributed by atoms with E-state index >= 15 is 0 Å². The Morgan fingerprint density at radius 3 is 2.92 bits per heavy atom. The summed E-state index contributed by atoms with van der Waals surface area (Å²) < 4.78 is 13.8. The number of benzene rings is 1. The molecule has 2 fully saturated rings. The minimum absolute atomic E-state index is 0.134. The molecule has 1 aromatic heterocycles. The molecule has 2 aliphatic carbocycles. The van der Waals surface area contributed by atoms with E-state index < -0.39 is 0 Å². The molecule has 1 aromatic carbocycles. The smallest absolute Gasteiger partial charge is 0.130 e. The molecule has 5 heteroatoms. The van der Waals surface area contributed by atoms with Gasteiger partial charge in [-0.2, -0.15) is 0 Å². The van der Waals surface area contributed by atoms with E-state index in [-0.39, 0.29) is 5.92 Å². The Labute approximate surface area is 229 Å². The largest absolute Gasteiger partial charge is 0.461 e. The lowest BCUT2D eigenvalue weighted by Gasteiger charge is -2.20. The molecule has 3 aliphatic rings. The first-order valence-corrected chi connectivity index (χ1v) is 14.2. The van der Waals surface area contributed by atoms with Gasteiger partial charge in [-0.05, 0) is 62.1 Å². The van der Waals surface area contributed by atoms with Gasteiger partial charge in [-0.15, -0.1) is 0 Å². The molecule has 0 bridgehead atoms. The van der Waals surface area contributed by atoms with Gasteiger partial charge in [0.15, 0.2) is 0 Å². The van der Waals surface area contributed by atoms with E-state index in [9.17, 15) is 0 Å². The molecule has 1 aliphatic heterocycles. The summed E-state index contributed by atoms with van der Waals surface area (Å²) in [6.07, 6.45) is 13.2. The van der Waals surface area contributed by atoms with Gasteiger partial charge in [0.1, 0.15) is 17.3 Å². The van der Waals surface area contributed by atoms with Crippen molar-refractivity contribution < 1.29 is 9.47 Å². The van der Waals surface area contributed by atoms with Crippen LogP contribution in [0.25, 0.3) is 5.76 Å². The van der Waals surface area contributed by atoms with Crippen molar-refractivity contribution >= 4 is 28.4 Å². The van der Waals surface area contributed by atoms with Gasteiger partial charge in [-0.3, -0.25) is 0 Å². The third-order valence-electron chi connectivity index (χ3n) is 8.04. The molecule has 2 heterocycles. The molecule has 2 aromatic rings. The highest BCUT2D eigenvalue weighted by atomic mass is 127. The maximum Gasteiger partial charge on any atom is 0.130 e. The molecule has 0 N–H and O–H groups in total. The number of halogens is 1. The zero-order chi connectivity index (χ0) is 25.3. The number of allylic oxidation sites excluding steroid dienone is 2. The van der Waals surface area contributed by atoms with Crippen molar-refractivity contribution in [3.8, 4) is 11.8 Å². The molecule has 4 nitrogen and oxygen atoms in total. The van der Waals surface area contributed by atoms with Gasteiger partial charge in [0.25, 0.3) is 0 Å². The Hall–Kier alpha value is -2.30.